The zero-order valence-corrected chi connectivity index (χ0v) is 15.5. The molecule has 2 heterocycles. The lowest BCUT2D eigenvalue weighted by atomic mass is 9.91. The van der Waals surface area contributed by atoms with Gasteiger partial charge in [0.15, 0.2) is 0 Å². The van der Waals surface area contributed by atoms with Crippen LogP contribution in [0.25, 0.3) is 0 Å². The van der Waals surface area contributed by atoms with Gasteiger partial charge in [-0.15, -0.1) is 0 Å². The van der Waals surface area contributed by atoms with Crippen molar-refractivity contribution in [3.05, 3.63) is 52.5 Å². The van der Waals surface area contributed by atoms with Crippen LogP contribution < -0.4 is 0 Å². The number of rotatable bonds is 5. The monoisotopic (exact) mass is 374 g/mol. The second kappa shape index (κ2) is 8.80. The Balaban J connectivity index is 1.61. The maximum Gasteiger partial charge on any atom is 0.410 e. The van der Waals surface area contributed by atoms with E-state index in [1.54, 1.807) is 18.0 Å². The molecule has 3 rings (SSSR count). The summed E-state index contributed by atoms with van der Waals surface area (Å²) in [6.45, 7) is 3.56. The van der Waals surface area contributed by atoms with E-state index in [0.29, 0.717) is 24.6 Å². The number of hydrogen-bond donors (Lipinski definition) is 0. The van der Waals surface area contributed by atoms with Crippen LogP contribution in [-0.2, 0) is 16.1 Å². The molecule has 0 bridgehead atoms. The Morgan fingerprint density at radius 3 is 2.85 bits per heavy atom. The van der Waals surface area contributed by atoms with Gasteiger partial charge >= 0.3 is 12.1 Å². The van der Waals surface area contributed by atoms with Gasteiger partial charge in [0.25, 0.3) is 0 Å². The molecule has 1 aromatic carbocycles. The van der Waals surface area contributed by atoms with Crippen molar-refractivity contribution in [1.29, 1.82) is 0 Å². The van der Waals surface area contributed by atoms with Crippen molar-refractivity contribution in [1.82, 2.24) is 9.27 Å². The number of aromatic nitrogens is 1. The summed E-state index contributed by atoms with van der Waals surface area (Å²) in [5.41, 5.74) is 1.83. The molecule has 0 aliphatic carbocycles. The summed E-state index contributed by atoms with van der Waals surface area (Å²) in [6.07, 6.45) is 3.18. The average Bonchev–Trinajstić information content (AvgIpc) is 3.17. The van der Waals surface area contributed by atoms with E-state index in [9.17, 15) is 9.59 Å². The third-order valence-electron chi connectivity index (χ3n) is 4.38. The molecule has 1 aliphatic rings. The third-order valence-corrected chi connectivity index (χ3v) is 5.18. The van der Waals surface area contributed by atoms with E-state index < -0.39 is 0 Å². The summed E-state index contributed by atoms with van der Waals surface area (Å²) in [5.74, 6) is -0.264. The summed E-state index contributed by atoms with van der Waals surface area (Å²) < 4.78 is 14.7. The lowest BCUT2D eigenvalue weighted by Crippen LogP contribution is -2.39. The summed E-state index contributed by atoms with van der Waals surface area (Å²) in [7, 11) is 0. The van der Waals surface area contributed by atoms with Gasteiger partial charge in [-0.1, -0.05) is 30.3 Å². The fraction of sp³-hybridized carbons (Fsp3) is 0.421. The summed E-state index contributed by atoms with van der Waals surface area (Å²) in [6, 6.07) is 9.61. The van der Waals surface area contributed by atoms with Crippen LogP contribution in [0.15, 0.2) is 36.5 Å². The van der Waals surface area contributed by atoms with E-state index >= 15 is 0 Å². The predicted molar refractivity (Wildman–Crippen MR) is 98.2 cm³/mol. The smallest absolute Gasteiger partial charge is 0.410 e. The van der Waals surface area contributed by atoms with E-state index in [0.717, 1.165) is 35.5 Å². The van der Waals surface area contributed by atoms with Gasteiger partial charge in [-0.25, -0.2) is 14.0 Å². The van der Waals surface area contributed by atoms with Crippen molar-refractivity contribution in [2.24, 2.45) is 0 Å². The van der Waals surface area contributed by atoms with Crippen molar-refractivity contribution in [2.45, 2.75) is 32.3 Å². The number of hydrogen-bond acceptors (Lipinski definition) is 6. The first-order valence-electron chi connectivity index (χ1n) is 8.76. The molecule has 1 atom stereocenters. The van der Waals surface area contributed by atoms with Gasteiger partial charge in [0.05, 0.1) is 6.61 Å². The van der Waals surface area contributed by atoms with Gasteiger partial charge in [0, 0.05) is 30.8 Å². The SMILES string of the molecule is CCOC(=O)c1sncc1C1CCCN(C(=O)OCc2ccccc2)C1. The number of piperidine rings is 1. The average molecular weight is 374 g/mol. The van der Waals surface area contributed by atoms with Crippen LogP contribution in [0.5, 0.6) is 0 Å². The molecule has 0 saturated carbocycles. The van der Waals surface area contributed by atoms with Crippen LogP contribution in [-0.4, -0.2) is 41.0 Å². The molecule has 138 valence electrons. The quantitative estimate of drug-likeness (QED) is 0.744. The highest BCUT2D eigenvalue weighted by Gasteiger charge is 2.30. The van der Waals surface area contributed by atoms with Crippen molar-refractivity contribution >= 4 is 23.6 Å². The standard InChI is InChI=1S/C19H22N2O4S/c1-2-24-18(22)17-16(11-20-26-17)15-9-6-10-21(12-15)19(23)25-13-14-7-4-3-5-8-14/h3-5,7-8,11,15H,2,6,9-10,12-13H2,1H3. The summed E-state index contributed by atoms with van der Waals surface area (Å²) in [4.78, 5) is 26.7. The second-order valence-corrected chi connectivity index (χ2v) is 6.96. The number of esters is 1. The highest BCUT2D eigenvalue weighted by Crippen LogP contribution is 2.31. The maximum atomic E-state index is 12.4. The van der Waals surface area contributed by atoms with Gasteiger partial charge in [0.2, 0.25) is 0 Å². The number of carbonyl (C=O) groups excluding carboxylic acids is 2. The Bertz CT molecular complexity index is 747. The van der Waals surface area contributed by atoms with Crippen molar-refractivity contribution in [3.8, 4) is 0 Å². The molecule has 1 aromatic heterocycles. The molecule has 1 saturated heterocycles. The zero-order chi connectivity index (χ0) is 18.4. The van der Waals surface area contributed by atoms with Crippen molar-refractivity contribution in [2.75, 3.05) is 19.7 Å². The van der Waals surface area contributed by atoms with Crippen LogP contribution in [0.4, 0.5) is 4.79 Å². The molecule has 0 radical (unpaired) electrons. The molecular formula is C19H22N2O4S. The van der Waals surface area contributed by atoms with E-state index in [1.807, 2.05) is 30.3 Å². The molecule has 7 heteroatoms. The Morgan fingerprint density at radius 2 is 2.08 bits per heavy atom. The predicted octanol–water partition coefficient (Wildman–Crippen LogP) is 3.84. The first-order valence-corrected chi connectivity index (χ1v) is 9.53. The van der Waals surface area contributed by atoms with Crippen LogP contribution in [0.3, 0.4) is 0 Å². The van der Waals surface area contributed by atoms with Crippen LogP contribution in [0.2, 0.25) is 0 Å². The number of likely N-dealkylation sites (tertiary alicyclic amines) is 1. The lowest BCUT2D eigenvalue weighted by molar-refractivity contribution is 0.0529. The van der Waals surface area contributed by atoms with Crippen LogP contribution >= 0.6 is 11.5 Å². The van der Waals surface area contributed by atoms with E-state index in [4.69, 9.17) is 9.47 Å². The van der Waals surface area contributed by atoms with Gasteiger partial charge in [-0.05, 0) is 36.9 Å². The van der Waals surface area contributed by atoms with Gasteiger partial charge in [-0.2, -0.15) is 0 Å². The summed E-state index contributed by atoms with van der Waals surface area (Å²) >= 11 is 1.15. The minimum atomic E-state index is -0.339. The van der Waals surface area contributed by atoms with E-state index in [2.05, 4.69) is 4.37 Å². The number of carbonyl (C=O) groups is 2. The molecule has 1 unspecified atom stereocenters. The number of benzene rings is 1. The number of nitrogens with zero attached hydrogens (tertiary/aromatic N) is 2. The van der Waals surface area contributed by atoms with Gasteiger partial charge in [-0.3, -0.25) is 0 Å². The maximum absolute atomic E-state index is 12.4. The zero-order valence-electron chi connectivity index (χ0n) is 14.7. The minimum Gasteiger partial charge on any atom is -0.462 e. The van der Waals surface area contributed by atoms with E-state index in [-0.39, 0.29) is 24.6 Å². The largest absolute Gasteiger partial charge is 0.462 e. The second-order valence-electron chi connectivity index (χ2n) is 6.16. The van der Waals surface area contributed by atoms with Crippen molar-refractivity contribution in [3.63, 3.8) is 0 Å². The number of ether oxygens (including phenoxy) is 2. The fourth-order valence-electron chi connectivity index (χ4n) is 3.10. The first-order chi connectivity index (χ1) is 12.7. The highest BCUT2D eigenvalue weighted by atomic mass is 32.1. The molecular weight excluding hydrogens is 352 g/mol. The Morgan fingerprint density at radius 1 is 1.27 bits per heavy atom. The fourth-order valence-corrected chi connectivity index (χ4v) is 3.83. The topological polar surface area (TPSA) is 68.7 Å². The minimum absolute atomic E-state index is 0.0752. The van der Waals surface area contributed by atoms with Gasteiger partial charge < -0.3 is 14.4 Å². The third kappa shape index (κ3) is 4.40. The Labute approximate surface area is 156 Å². The first kappa shape index (κ1) is 18.4. The molecule has 0 spiro atoms. The highest BCUT2D eigenvalue weighted by molar-refractivity contribution is 7.08. The number of amides is 1. The van der Waals surface area contributed by atoms with Gasteiger partial charge in [0.1, 0.15) is 11.5 Å². The molecule has 6 nitrogen and oxygen atoms in total. The van der Waals surface area contributed by atoms with E-state index in [1.165, 1.54) is 0 Å². The van der Waals surface area contributed by atoms with Crippen LogP contribution in [0.1, 0.15) is 46.5 Å². The molecule has 1 amide bonds. The molecule has 2 aromatic rings. The lowest BCUT2D eigenvalue weighted by Gasteiger charge is -2.32. The Kier molecular flexibility index (Phi) is 6.22. The molecule has 1 fully saturated rings. The summed E-state index contributed by atoms with van der Waals surface area (Å²) in [5, 5.41) is 0. The molecule has 0 N–H and O–H groups in total. The molecule has 1 aliphatic heterocycles. The normalized spacial score (nSPS) is 17.0. The van der Waals surface area contributed by atoms with Crippen molar-refractivity contribution < 1.29 is 19.1 Å². The molecule has 26 heavy (non-hydrogen) atoms. The Hall–Kier alpha value is -2.41. The van der Waals surface area contributed by atoms with Crippen LogP contribution in [0, 0.1) is 0 Å².